The maximum absolute atomic E-state index is 13.6. The van der Waals surface area contributed by atoms with Gasteiger partial charge in [0.25, 0.3) is 5.91 Å². The molecular weight excluding hydrogens is 630 g/mol. The van der Waals surface area contributed by atoms with Crippen LogP contribution >= 0.6 is 0 Å². The highest BCUT2D eigenvalue weighted by Gasteiger charge is 2.49. The zero-order chi connectivity index (χ0) is 34.2. The Kier molecular flexibility index (Phi) is 10.7. The van der Waals surface area contributed by atoms with Crippen LogP contribution in [0.5, 0.6) is 0 Å². The predicted octanol–water partition coefficient (Wildman–Crippen LogP) is 6.07. The number of carbonyl (C=O) groups excluding carboxylic acids is 2. The SMILES string of the molecule is CCCCC1=NC2(CCCC2)C(=O)N1Cc1ccc(-c2ccccc2-c2nnn(COC(=O)OCc3ccccc3CON(O)O)n2)cc1. The summed E-state index contributed by atoms with van der Waals surface area (Å²) in [5.41, 5.74) is 4.26. The topological polar surface area (TPSA) is 165 Å². The molecule has 0 bridgehead atoms. The maximum Gasteiger partial charge on any atom is 0.510 e. The van der Waals surface area contributed by atoms with Gasteiger partial charge in [-0.25, -0.2) is 9.63 Å². The van der Waals surface area contributed by atoms with E-state index in [0.717, 1.165) is 77.8 Å². The van der Waals surface area contributed by atoms with E-state index in [-0.39, 0.29) is 31.2 Å². The number of hydrogen-bond acceptors (Lipinski definition) is 12. The monoisotopic (exact) mass is 669 g/mol. The minimum Gasteiger partial charge on any atom is -0.429 e. The highest BCUT2D eigenvalue weighted by Crippen LogP contribution is 2.40. The lowest BCUT2D eigenvalue weighted by Gasteiger charge is -2.23. The number of tetrazole rings is 1. The van der Waals surface area contributed by atoms with Crippen LogP contribution in [0.25, 0.3) is 22.5 Å². The van der Waals surface area contributed by atoms with Gasteiger partial charge in [-0.1, -0.05) is 99.0 Å². The lowest BCUT2D eigenvalue weighted by Crippen LogP contribution is -2.40. The van der Waals surface area contributed by atoms with Crippen LogP contribution in [0.15, 0.2) is 77.8 Å². The fraction of sp³-hybridized carbons (Fsp3) is 0.371. The summed E-state index contributed by atoms with van der Waals surface area (Å²) < 4.78 is 10.4. The van der Waals surface area contributed by atoms with Gasteiger partial charge < -0.3 is 9.47 Å². The van der Waals surface area contributed by atoms with Gasteiger partial charge in [0.15, 0.2) is 0 Å². The van der Waals surface area contributed by atoms with Crippen molar-refractivity contribution in [2.45, 2.75) is 83.9 Å². The average molecular weight is 670 g/mol. The highest BCUT2D eigenvalue weighted by molar-refractivity contribution is 6.08. The molecule has 0 atom stereocenters. The quantitative estimate of drug-likeness (QED) is 0.118. The number of hydrogen-bond donors (Lipinski definition) is 2. The number of amidine groups is 1. The Bertz CT molecular complexity index is 1780. The minimum atomic E-state index is -0.946. The molecule has 1 aromatic heterocycles. The number of amides is 1. The van der Waals surface area contributed by atoms with Crippen LogP contribution in [0.1, 0.15) is 68.6 Å². The van der Waals surface area contributed by atoms with Gasteiger partial charge in [-0.3, -0.25) is 25.1 Å². The fourth-order valence-electron chi connectivity index (χ4n) is 6.26. The third kappa shape index (κ3) is 8.00. The van der Waals surface area contributed by atoms with Crippen molar-refractivity contribution in [1.29, 1.82) is 0 Å². The lowest BCUT2D eigenvalue weighted by atomic mass is 9.97. The van der Waals surface area contributed by atoms with Crippen LogP contribution in [-0.2, 0) is 45.6 Å². The van der Waals surface area contributed by atoms with Gasteiger partial charge in [0.05, 0.1) is 18.5 Å². The van der Waals surface area contributed by atoms with Crippen molar-refractivity contribution in [1.82, 2.24) is 30.5 Å². The van der Waals surface area contributed by atoms with Crippen molar-refractivity contribution in [3.63, 3.8) is 0 Å². The zero-order valence-electron chi connectivity index (χ0n) is 27.3. The molecule has 256 valence electrons. The van der Waals surface area contributed by atoms with Crippen molar-refractivity contribution in [3.05, 3.63) is 89.5 Å². The summed E-state index contributed by atoms with van der Waals surface area (Å²) in [6.07, 6.45) is 5.70. The van der Waals surface area contributed by atoms with Crippen LogP contribution in [0, 0.1) is 0 Å². The van der Waals surface area contributed by atoms with Gasteiger partial charge in [0.1, 0.15) is 18.0 Å². The van der Waals surface area contributed by atoms with E-state index in [9.17, 15) is 9.59 Å². The molecule has 2 N–H and O–H groups in total. The van der Waals surface area contributed by atoms with Gasteiger partial charge >= 0.3 is 6.16 Å². The molecule has 1 amide bonds. The molecular formula is C35H39N7O7. The Balaban J connectivity index is 1.08. The Hall–Kier alpha value is -5.02. The van der Waals surface area contributed by atoms with Gasteiger partial charge in [-0.05, 0) is 52.3 Å². The second kappa shape index (κ2) is 15.5. The normalized spacial score (nSPS) is 15.3. The van der Waals surface area contributed by atoms with Crippen LogP contribution in [0.2, 0.25) is 0 Å². The van der Waals surface area contributed by atoms with Crippen LogP contribution in [-0.4, -0.2) is 64.3 Å². The second-order valence-corrected chi connectivity index (χ2v) is 12.1. The van der Waals surface area contributed by atoms with E-state index in [0.29, 0.717) is 23.5 Å². The van der Waals surface area contributed by atoms with E-state index >= 15 is 0 Å². The molecule has 1 aliphatic carbocycles. The van der Waals surface area contributed by atoms with Crippen LogP contribution in [0.3, 0.4) is 0 Å². The molecule has 3 aromatic carbocycles. The third-order valence-electron chi connectivity index (χ3n) is 8.81. The summed E-state index contributed by atoms with van der Waals surface area (Å²) in [5.74, 6) is 1.42. The molecule has 1 saturated carbocycles. The summed E-state index contributed by atoms with van der Waals surface area (Å²) in [6, 6.07) is 22.7. The molecule has 1 fully saturated rings. The Morgan fingerprint density at radius 1 is 0.918 bits per heavy atom. The molecule has 14 heteroatoms. The Morgan fingerprint density at radius 2 is 1.61 bits per heavy atom. The van der Waals surface area contributed by atoms with E-state index in [4.69, 9.17) is 24.9 Å². The first-order valence-electron chi connectivity index (χ1n) is 16.4. The van der Waals surface area contributed by atoms with Crippen molar-refractivity contribution >= 4 is 17.9 Å². The molecule has 2 aliphatic rings. The molecule has 14 nitrogen and oxygen atoms in total. The minimum absolute atomic E-state index is 0.125. The Labute approximate surface area is 283 Å². The van der Waals surface area contributed by atoms with Gasteiger partial charge in [-0.2, -0.15) is 0 Å². The molecule has 1 spiro atoms. The molecule has 6 rings (SSSR count). The van der Waals surface area contributed by atoms with Crippen molar-refractivity contribution in [2.75, 3.05) is 0 Å². The first kappa shape index (κ1) is 33.9. The number of unbranched alkanes of at least 4 members (excludes halogenated alkanes) is 1. The summed E-state index contributed by atoms with van der Waals surface area (Å²) in [4.78, 5) is 38.6. The standard InChI is InChI=1S/C35H39N7O7/c1-2-3-14-31-36-35(19-8-9-20-35)33(43)40(31)21-25-15-17-26(18-16-25)29-12-6-7-13-30(29)32-37-39-41(38-32)24-48-34(44)47-22-27-10-4-5-11-28(27)23-49-42(45)46/h4-7,10-13,15-18,45-46H,2-3,8-9,14,19-24H2,1H3. The number of nitrogens with zero attached hydrogens (tertiary/aromatic N) is 7. The number of aliphatic imine (C=N–C) groups is 1. The molecule has 49 heavy (non-hydrogen) atoms. The molecule has 0 saturated heterocycles. The molecule has 1 aliphatic heterocycles. The van der Waals surface area contributed by atoms with Crippen molar-refractivity contribution in [3.8, 4) is 22.5 Å². The smallest absolute Gasteiger partial charge is 0.429 e. The maximum atomic E-state index is 13.6. The van der Waals surface area contributed by atoms with Gasteiger partial charge in [0, 0.05) is 12.0 Å². The fourth-order valence-corrected chi connectivity index (χ4v) is 6.26. The number of ether oxygens (including phenoxy) is 2. The summed E-state index contributed by atoms with van der Waals surface area (Å²) in [5, 5.41) is 29.8. The lowest BCUT2D eigenvalue weighted by molar-refractivity contribution is -0.497. The molecule has 4 aromatic rings. The number of aromatic nitrogens is 4. The summed E-state index contributed by atoms with van der Waals surface area (Å²) in [6.45, 7) is 2.06. The van der Waals surface area contributed by atoms with E-state index in [1.54, 1.807) is 24.3 Å². The number of carbonyl (C=O) groups is 2. The first-order valence-corrected chi connectivity index (χ1v) is 16.4. The van der Waals surface area contributed by atoms with Crippen LogP contribution in [0.4, 0.5) is 4.79 Å². The Morgan fingerprint density at radius 3 is 2.33 bits per heavy atom. The van der Waals surface area contributed by atoms with Crippen LogP contribution < -0.4 is 0 Å². The summed E-state index contributed by atoms with van der Waals surface area (Å²) in [7, 11) is 0. The first-order chi connectivity index (χ1) is 23.8. The largest absolute Gasteiger partial charge is 0.510 e. The van der Waals surface area contributed by atoms with Gasteiger partial charge in [0.2, 0.25) is 12.6 Å². The molecule has 0 unspecified atom stereocenters. The van der Waals surface area contributed by atoms with Gasteiger partial charge in [-0.15, -0.1) is 15.0 Å². The van der Waals surface area contributed by atoms with Crippen molar-refractivity contribution < 1.29 is 34.3 Å². The zero-order valence-corrected chi connectivity index (χ0v) is 27.3. The molecule has 2 heterocycles. The third-order valence-corrected chi connectivity index (χ3v) is 8.81. The average Bonchev–Trinajstić information content (AvgIpc) is 3.86. The van der Waals surface area contributed by atoms with E-state index in [1.165, 1.54) is 0 Å². The van der Waals surface area contributed by atoms with E-state index < -0.39 is 11.7 Å². The van der Waals surface area contributed by atoms with E-state index in [1.807, 2.05) is 53.4 Å². The highest BCUT2D eigenvalue weighted by atomic mass is 17.1. The predicted molar refractivity (Wildman–Crippen MR) is 175 cm³/mol. The van der Waals surface area contributed by atoms with Crippen molar-refractivity contribution in [2.24, 2.45) is 4.99 Å². The second-order valence-electron chi connectivity index (χ2n) is 12.1. The molecule has 0 radical (unpaired) electrons. The summed E-state index contributed by atoms with van der Waals surface area (Å²) >= 11 is 0. The number of benzene rings is 3. The number of rotatable bonds is 14. The van der Waals surface area contributed by atoms with E-state index in [2.05, 4.69) is 27.2 Å².